The van der Waals surface area contributed by atoms with E-state index in [-0.39, 0.29) is 0 Å². The standard InChI is InChI=1S/C6H15OSi/c1-5-7-6-8(2,3)4/h1,5-6H2,2-4H3. The van der Waals surface area contributed by atoms with Gasteiger partial charge in [-0.25, -0.2) is 0 Å². The van der Waals surface area contributed by atoms with Gasteiger partial charge in [0.25, 0.3) is 0 Å². The van der Waals surface area contributed by atoms with Crippen molar-refractivity contribution in [2.75, 3.05) is 12.8 Å². The molecule has 0 aromatic heterocycles. The van der Waals surface area contributed by atoms with Crippen LogP contribution < -0.4 is 0 Å². The van der Waals surface area contributed by atoms with Crippen molar-refractivity contribution >= 4 is 8.07 Å². The molecule has 0 saturated heterocycles. The SMILES string of the molecule is [CH2]COC[Si](C)(C)C. The molecule has 0 bridgehead atoms. The van der Waals surface area contributed by atoms with Gasteiger partial charge in [-0.1, -0.05) is 19.6 Å². The lowest BCUT2D eigenvalue weighted by atomic mass is 10.9. The molecule has 0 amide bonds. The zero-order valence-electron chi connectivity index (χ0n) is 6.03. The molecule has 0 rings (SSSR count). The van der Waals surface area contributed by atoms with Gasteiger partial charge in [-0.15, -0.1) is 0 Å². The first-order valence-corrected chi connectivity index (χ1v) is 6.64. The van der Waals surface area contributed by atoms with Crippen LogP contribution in [0.5, 0.6) is 0 Å². The number of hydrogen-bond donors (Lipinski definition) is 0. The summed E-state index contributed by atoms with van der Waals surface area (Å²) < 4.78 is 5.15. The average molecular weight is 131 g/mol. The summed E-state index contributed by atoms with van der Waals surface area (Å²) in [7, 11) is -0.940. The predicted octanol–water partition coefficient (Wildman–Crippen LogP) is 1.71. The molecule has 0 aliphatic heterocycles. The van der Waals surface area contributed by atoms with Crippen LogP contribution in [0.15, 0.2) is 0 Å². The molecule has 0 aromatic carbocycles. The van der Waals surface area contributed by atoms with E-state index in [9.17, 15) is 0 Å². The molecule has 0 aliphatic rings. The van der Waals surface area contributed by atoms with Crippen LogP contribution in [0, 0.1) is 6.92 Å². The van der Waals surface area contributed by atoms with E-state index in [1.807, 2.05) is 0 Å². The molecule has 0 saturated carbocycles. The third-order valence-electron chi connectivity index (χ3n) is 0.679. The fraction of sp³-hybridized carbons (Fsp3) is 0.833. The highest BCUT2D eigenvalue weighted by atomic mass is 28.3. The molecule has 0 unspecified atom stereocenters. The minimum Gasteiger partial charge on any atom is -0.385 e. The summed E-state index contributed by atoms with van der Waals surface area (Å²) in [4.78, 5) is 0. The predicted molar refractivity (Wildman–Crippen MR) is 39.5 cm³/mol. The van der Waals surface area contributed by atoms with Gasteiger partial charge in [0.15, 0.2) is 0 Å². The minimum absolute atomic E-state index is 0.615. The molecule has 1 radical (unpaired) electrons. The Morgan fingerprint density at radius 2 is 1.88 bits per heavy atom. The zero-order chi connectivity index (χ0) is 6.62. The van der Waals surface area contributed by atoms with Gasteiger partial charge in [0.2, 0.25) is 0 Å². The summed E-state index contributed by atoms with van der Waals surface area (Å²) in [5, 5.41) is 0. The monoisotopic (exact) mass is 131 g/mol. The van der Waals surface area contributed by atoms with E-state index in [4.69, 9.17) is 4.74 Å². The maximum absolute atomic E-state index is 5.15. The molecule has 0 aromatic rings. The van der Waals surface area contributed by atoms with Crippen molar-refractivity contribution in [2.45, 2.75) is 19.6 Å². The lowest BCUT2D eigenvalue weighted by Gasteiger charge is -2.13. The fourth-order valence-corrected chi connectivity index (χ4v) is 1.14. The van der Waals surface area contributed by atoms with Gasteiger partial charge in [0.05, 0.1) is 8.07 Å². The van der Waals surface area contributed by atoms with Gasteiger partial charge in [-0.05, 0) is 6.92 Å². The van der Waals surface area contributed by atoms with Crippen LogP contribution in [0.4, 0.5) is 0 Å². The quantitative estimate of drug-likeness (QED) is 0.530. The average Bonchev–Trinajstić information content (AvgIpc) is 1.59. The van der Waals surface area contributed by atoms with Gasteiger partial charge < -0.3 is 4.74 Å². The first-order chi connectivity index (χ1) is 3.56. The molecule has 2 heteroatoms. The summed E-state index contributed by atoms with van der Waals surface area (Å²) in [6, 6.07) is 0. The molecule has 0 heterocycles. The maximum atomic E-state index is 5.15. The summed E-state index contributed by atoms with van der Waals surface area (Å²) in [6.07, 6.45) is 0.941. The Morgan fingerprint density at radius 3 is 2.00 bits per heavy atom. The second-order valence-electron chi connectivity index (χ2n) is 3.11. The van der Waals surface area contributed by atoms with E-state index in [0.29, 0.717) is 6.61 Å². The van der Waals surface area contributed by atoms with Crippen LogP contribution in [0.25, 0.3) is 0 Å². The molecule has 0 N–H and O–H groups in total. The highest BCUT2D eigenvalue weighted by Crippen LogP contribution is 1.99. The smallest absolute Gasteiger partial charge is 0.0746 e. The highest BCUT2D eigenvalue weighted by Gasteiger charge is 2.11. The molecule has 0 aliphatic carbocycles. The van der Waals surface area contributed by atoms with Crippen molar-refractivity contribution in [3.8, 4) is 0 Å². The van der Waals surface area contributed by atoms with Crippen LogP contribution in [-0.2, 0) is 4.74 Å². The normalized spacial score (nSPS) is 12.0. The molecule has 49 valence electrons. The van der Waals surface area contributed by atoms with E-state index >= 15 is 0 Å². The van der Waals surface area contributed by atoms with Crippen molar-refractivity contribution in [3.05, 3.63) is 6.92 Å². The van der Waals surface area contributed by atoms with Gasteiger partial charge in [0, 0.05) is 12.8 Å². The van der Waals surface area contributed by atoms with Crippen molar-refractivity contribution in [1.29, 1.82) is 0 Å². The van der Waals surface area contributed by atoms with Crippen molar-refractivity contribution in [3.63, 3.8) is 0 Å². The van der Waals surface area contributed by atoms with Crippen molar-refractivity contribution < 1.29 is 4.74 Å². The lowest BCUT2D eigenvalue weighted by Crippen LogP contribution is -2.27. The van der Waals surface area contributed by atoms with Crippen LogP contribution in [0.1, 0.15) is 0 Å². The molecular formula is C6H15OSi. The molecule has 1 nitrogen and oxygen atoms in total. The van der Waals surface area contributed by atoms with E-state index in [1.165, 1.54) is 0 Å². The van der Waals surface area contributed by atoms with E-state index < -0.39 is 8.07 Å². The van der Waals surface area contributed by atoms with Crippen LogP contribution in [-0.4, -0.2) is 20.9 Å². The third-order valence-corrected chi connectivity index (χ3v) is 1.75. The summed E-state index contributed by atoms with van der Waals surface area (Å²) in [6.45, 7) is 11.0. The summed E-state index contributed by atoms with van der Waals surface area (Å²) >= 11 is 0. The Balaban J connectivity index is 3.11. The largest absolute Gasteiger partial charge is 0.385 e. The second-order valence-corrected chi connectivity index (χ2v) is 8.52. The Labute approximate surface area is 53.1 Å². The first kappa shape index (κ1) is 8.18. The molecule has 0 fully saturated rings. The maximum Gasteiger partial charge on any atom is 0.0746 e. The van der Waals surface area contributed by atoms with E-state index in [1.54, 1.807) is 0 Å². The Hall–Kier alpha value is 0.177. The number of rotatable bonds is 3. The first-order valence-electron chi connectivity index (χ1n) is 2.93. The Bertz CT molecular complexity index is 56.0. The topological polar surface area (TPSA) is 9.23 Å². The molecule has 0 spiro atoms. The van der Waals surface area contributed by atoms with E-state index in [0.717, 1.165) is 6.23 Å². The van der Waals surface area contributed by atoms with Crippen LogP contribution >= 0.6 is 0 Å². The van der Waals surface area contributed by atoms with Gasteiger partial charge in [-0.3, -0.25) is 0 Å². The second kappa shape index (κ2) is 3.25. The van der Waals surface area contributed by atoms with E-state index in [2.05, 4.69) is 26.6 Å². The van der Waals surface area contributed by atoms with Crippen molar-refractivity contribution in [2.24, 2.45) is 0 Å². The summed E-state index contributed by atoms with van der Waals surface area (Å²) in [5.41, 5.74) is 0. The Kier molecular flexibility index (Phi) is 3.32. The third kappa shape index (κ3) is 6.18. The number of hydrogen-bond acceptors (Lipinski definition) is 1. The van der Waals surface area contributed by atoms with Crippen molar-refractivity contribution in [1.82, 2.24) is 0 Å². The zero-order valence-corrected chi connectivity index (χ0v) is 7.03. The van der Waals surface area contributed by atoms with Crippen LogP contribution in [0.2, 0.25) is 19.6 Å². The van der Waals surface area contributed by atoms with Gasteiger partial charge >= 0.3 is 0 Å². The fourth-order valence-electron chi connectivity index (χ4n) is 0.378. The van der Waals surface area contributed by atoms with Crippen LogP contribution in [0.3, 0.4) is 0 Å². The summed E-state index contributed by atoms with van der Waals surface area (Å²) in [5.74, 6) is 0. The highest BCUT2D eigenvalue weighted by molar-refractivity contribution is 6.76. The Morgan fingerprint density at radius 1 is 1.38 bits per heavy atom. The molecule has 0 atom stereocenters. The molecule has 8 heavy (non-hydrogen) atoms. The van der Waals surface area contributed by atoms with Gasteiger partial charge in [0.1, 0.15) is 0 Å². The minimum atomic E-state index is -0.940. The molecular weight excluding hydrogens is 116 g/mol. The van der Waals surface area contributed by atoms with Gasteiger partial charge in [-0.2, -0.15) is 0 Å². The lowest BCUT2D eigenvalue weighted by molar-refractivity contribution is 0.204. The number of ether oxygens (including phenoxy) is 1.